The summed E-state index contributed by atoms with van der Waals surface area (Å²) in [5, 5.41) is 18.7. The van der Waals surface area contributed by atoms with Gasteiger partial charge in [0.1, 0.15) is 0 Å². The molecule has 12 heteroatoms. The van der Waals surface area contributed by atoms with Crippen molar-refractivity contribution in [2.24, 2.45) is 5.73 Å². The molecule has 1 heterocycles. The molecule has 35 heavy (non-hydrogen) atoms. The van der Waals surface area contributed by atoms with Gasteiger partial charge in [-0.05, 0) is 47.9 Å². The van der Waals surface area contributed by atoms with Gasteiger partial charge in [0.25, 0.3) is 0 Å². The zero-order valence-corrected chi connectivity index (χ0v) is 19.5. The van der Waals surface area contributed by atoms with Crippen LogP contribution in [0.2, 0.25) is 0 Å². The number of carbonyl (C=O) groups is 3. The van der Waals surface area contributed by atoms with Crippen LogP contribution in [0, 0.1) is 11.3 Å². The minimum atomic E-state index is -4.28. The van der Waals surface area contributed by atoms with Gasteiger partial charge in [-0.25, -0.2) is 9.52 Å². The van der Waals surface area contributed by atoms with Gasteiger partial charge in [-0.3, -0.25) is 9.59 Å². The lowest BCUT2D eigenvalue weighted by molar-refractivity contribution is 0.0995. The number of carboxylic acid groups (broad SMARTS) is 1. The van der Waals surface area contributed by atoms with Crippen LogP contribution in [0.4, 0.5) is 4.79 Å². The fourth-order valence-corrected chi connectivity index (χ4v) is 5.20. The second-order valence-electron chi connectivity index (χ2n) is 8.68. The Morgan fingerprint density at radius 3 is 2.57 bits per heavy atom. The van der Waals surface area contributed by atoms with E-state index in [1.165, 1.54) is 10.8 Å². The maximum atomic E-state index is 13.6. The highest BCUT2D eigenvalue weighted by atomic mass is 32.2. The number of primary amides is 1. The summed E-state index contributed by atoms with van der Waals surface area (Å²) >= 11 is 0. The van der Waals surface area contributed by atoms with Gasteiger partial charge in [0.15, 0.2) is 5.78 Å². The molecule has 0 radical (unpaired) electrons. The quantitative estimate of drug-likeness (QED) is 0.343. The Labute approximate surface area is 200 Å². The number of benzene rings is 2. The van der Waals surface area contributed by atoms with Crippen LogP contribution in [0.15, 0.2) is 30.3 Å². The number of H-pyrrole nitrogens is 1. The maximum Gasteiger partial charge on any atom is 0.419 e. The summed E-state index contributed by atoms with van der Waals surface area (Å²) in [5.41, 5.74) is 8.39. The van der Waals surface area contributed by atoms with Crippen molar-refractivity contribution in [1.82, 2.24) is 14.4 Å². The molecular formula is C23H21N5O6S. The average Bonchev–Trinajstić information content (AvgIpc) is 3.17. The third kappa shape index (κ3) is 4.11. The van der Waals surface area contributed by atoms with E-state index < -0.39 is 27.6 Å². The van der Waals surface area contributed by atoms with Crippen LogP contribution in [0.25, 0.3) is 10.9 Å². The smallest absolute Gasteiger partial charge is 0.419 e. The largest absolute Gasteiger partial charge is 0.464 e. The lowest BCUT2D eigenvalue weighted by Crippen LogP contribution is -2.40. The molecule has 0 saturated carbocycles. The monoisotopic (exact) mass is 495 g/mol. The van der Waals surface area contributed by atoms with Gasteiger partial charge in [0.05, 0.1) is 17.2 Å². The number of aromatic amines is 1. The van der Waals surface area contributed by atoms with Crippen molar-refractivity contribution in [3.8, 4) is 6.07 Å². The molecule has 0 fully saturated rings. The molecule has 6 N–H and O–H groups in total. The van der Waals surface area contributed by atoms with Crippen molar-refractivity contribution in [2.75, 3.05) is 6.54 Å². The fourth-order valence-electron chi connectivity index (χ4n) is 4.53. The van der Waals surface area contributed by atoms with Crippen molar-refractivity contribution in [3.63, 3.8) is 0 Å². The molecule has 0 saturated heterocycles. The third-order valence-electron chi connectivity index (χ3n) is 6.09. The number of nitrogens with one attached hydrogen (secondary N) is 3. The molecule has 0 aliphatic heterocycles. The molecule has 2 aromatic carbocycles. The summed E-state index contributed by atoms with van der Waals surface area (Å²) in [6.45, 7) is 3.62. The molecule has 1 aliphatic rings. The second-order valence-corrected chi connectivity index (χ2v) is 10.2. The first-order valence-electron chi connectivity index (χ1n) is 10.4. The molecule has 11 nitrogen and oxygen atoms in total. The van der Waals surface area contributed by atoms with Crippen LogP contribution in [0.3, 0.4) is 0 Å². The maximum absolute atomic E-state index is 13.6. The number of carbonyl (C=O) groups excluding carboxylic acids is 2. The molecule has 2 amide bonds. The predicted molar refractivity (Wildman–Crippen MR) is 125 cm³/mol. The number of fused-ring (bicyclic) bond motifs is 4. The van der Waals surface area contributed by atoms with E-state index in [2.05, 4.69) is 15.8 Å². The normalized spacial score (nSPS) is 14.1. The van der Waals surface area contributed by atoms with Crippen LogP contribution in [0.5, 0.6) is 0 Å². The number of amides is 2. The number of hydrogen-bond donors (Lipinski definition) is 5. The molecule has 180 valence electrons. The number of ketones is 1. The number of aromatic nitrogens is 1. The first-order valence-corrected chi connectivity index (χ1v) is 11.9. The average molecular weight is 496 g/mol. The summed E-state index contributed by atoms with van der Waals surface area (Å²) in [4.78, 5) is 39.3. The van der Waals surface area contributed by atoms with Crippen LogP contribution in [-0.2, 0) is 22.0 Å². The number of nitrogens with two attached hydrogens (primary N) is 1. The SMILES string of the molecule is CC1(C)c2cc(C(N)=O)ccc2C(=O)c2c1[nH]c1cc(C#N)cc(CCNS(=O)(=O)NC(=O)O)c21. The standard InChI is InChI=1S/C23H21N5O6S/c1-23(2)15-9-13(21(25)30)3-4-14(15)19(29)18-17-12(5-6-26-35(33,34)28-22(31)32)7-11(10-24)8-16(17)27-20(18)23/h3-4,7-9,26-28H,5-6H2,1-2H3,(H2,25,30)(H,31,32). The summed E-state index contributed by atoms with van der Waals surface area (Å²) in [6, 6.07) is 9.90. The van der Waals surface area contributed by atoms with Crippen LogP contribution in [0.1, 0.15) is 62.5 Å². The topological polar surface area (TPSA) is 195 Å². The second kappa shape index (κ2) is 8.23. The Kier molecular flexibility index (Phi) is 5.62. The molecule has 1 aliphatic carbocycles. The van der Waals surface area contributed by atoms with Crippen molar-refractivity contribution in [3.05, 3.63) is 69.4 Å². The van der Waals surface area contributed by atoms with Gasteiger partial charge < -0.3 is 15.8 Å². The van der Waals surface area contributed by atoms with Gasteiger partial charge in [0, 0.05) is 39.7 Å². The summed E-state index contributed by atoms with van der Waals surface area (Å²) in [7, 11) is -4.28. The lowest BCUT2D eigenvalue weighted by Gasteiger charge is -2.32. The van der Waals surface area contributed by atoms with E-state index in [1.807, 2.05) is 13.8 Å². The lowest BCUT2D eigenvalue weighted by atomic mass is 9.70. The number of nitrogens with zero attached hydrogens (tertiary/aromatic N) is 1. The molecule has 0 spiro atoms. The highest BCUT2D eigenvalue weighted by Gasteiger charge is 2.40. The Hall–Kier alpha value is -4.21. The van der Waals surface area contributed by atoms with E-state index in [0.29, 0.717) is 44.4 Å². The van der Waals surface area contributed by atoms with E-state index in [4.69, 9.17) is 10.8 Å². The minimum Gasteiger partial charge on any atom is -0.464 e. The van der Waals surface area contributed by atoms with E-state index >= 15 is 0 Å². The van der Waals surface area contributed by atoms with Gasteiger partial charge in [-0.15, -0.1) is 0 Å². The molecule has 1 aromatic heterocycles. The Morgan fingerprint density at radius 2 is 1.94 bits per heavy atom. The van der Waals surface area contributed by atoms with Crippen LogP contribution < -0.4 is 15.2 Å². The van der Waals surface area contributed by atoms with E-state index in [-0.39, 0.29) is 24.3 Å². The minimum absolute atomic E-state index is 0.0814. The molecule has 3 aromatic rings. The van der Waals surface area contributed by atoms with Gasteiger partial charge in [0.2, 0.25) is 5.91 Å². The molecule has 4 rings (SSSR count). The van der Waals surface area contributed by atoms with Crippen LogP contribution >= 0.6 is 0 Å². The highest BCUT2D eigenvalue weighted by molar-refractivity contribution is 7.88. The number of nitriles is 1. The van der Waals surface area contributed by atoms with Crippen molar-refractivity contribution >= 4 is 38.9 Å². The number of hydrogen-bond acceptors (Lipinski definition) is 6. The first-order chi connectivity index (χ1) is 16.4. The van der Waals surface area contributed by atoms with Gasteiger partial charge in [-0.2, -0.15) is 18.4 Å². The Morgan fingerprint density at radius 1 is 1.23 bits per heavy atom. The van der Waals surface area contributed by atoms with E-state index in [0.717, 1.165) is 0 Å². The summed E-state index contributed by atoms with van der Waals surface area (Å²) in [5.74, 6) is -0.894. The zero-order valence-electron chi connectivity index (χ0n) is 18.7. The summed E-state index contributed by atoms with van der Waals surface area (Å²) < 4.78 is 27.1. The van der Waals surface area contributed by atoms with E-state index in [9.17, 15) is 28.1 Å². The van der Waals surface area contributed by atoms with E-state index in [1.54, 1.807) is 24.3 Å². The summed E-state index contributed by atoms with van der Waals surface area (Å²) in [6.07, 6.45) is -1.64. The van der Waals surface area contributed by atoms with Gasteiger partial charge >= 0.3 is 16.3 Å². The van der Waals surface area contributed by atoms with Crippen molar-refractivity contribution in [1.29, 1.82) is 5.26 Å². The molecule has 0 atom stereocenters. The fraction of sp³-hybridized carbons (Fsp3) is 0.217. The molecule has 0 bridgehead atoms. The zero-order chi connectivity index (χ0) is 25.7. The van der Waals surface area contributed by atoms with Crippen LogP contribution in [-0.4, -0.2) is 42.8 Å². The first kappa shape index (κ1) is 23.9. The van der Waals surface area contributed by atoms with Crippen molar-refractivity contribution in [2.45, 2.75) is 25.7 Å². The van der Waals surface area contributed by atoms with Crippen molar-refractivity contribution < 1.29 is 27.9 Å². The molecular weight excluding hydrogens is 474 g/mol. The number of rotatable bonds is 6. The highest BCUT2D eigenvalue weighted by Crippen LogP contribution is 2.44. The van der Waals surface area contributed by atoms with Gasteiger partial charge in [-0.1, -0.05) is 13.8 Å². The third-order valence-corrected chi connectivity index (χ3v) is 7.12. The Balaban J connectivity index is 1.84. The molecule has 0 unspecified atom stereocenters. The predicted octanol–water partition coefficient (Wildman–Crippen LogP) is 1.65. The Bertz CT molecular complexity index is 1580.